The van der Waals surface area contributed by atoms with Crippen molar-refractivity contribution in [2.24, 2.45) is 0 Å². The van der Waals surface area contributed by atoms with Gasteiger partial charge in [-0.15, -0.1) is 0 Å². The molecule has 5 heteroatoms. The van der Waals surface area contributed by atoms with E-state index in [1.165, 1.54) is 6.07 Å². The Morgan fingerprint density at radius 3 is 2.25 bits per heavy atom. The summed E-state index contributed by atoms with van der Waals surface area (Å²) in [6.45, 7) is 1.12. The van der Waals surface area contributed by atoms with E-state index in [-0.39, 0.29) is 23.6 Å². The number of nitrogens with zero attached hydrogens (tertiary/aromatic N) is 1. The summed E-state index contributed by atoms with van der Waals surface area (Å²) >= 11 is 0. The van der Waals surface area contributed by atoms with Crippen LogP contribution in [0, 0.1) is 0 Å². The molecule has 0 saturated carbocycles. The third-order valence-electron chi connectivity index (χ3n) is 4.29. The first kappa shape index (κ1) is 16.1. The molecule has 2 aromatic carbocycles. The number of amides is 2. The topological polar surface area (TPSA) is 69.6 Å². The molecule has 24 heavy (non-hydrogen) atoms. The Morgan fingerprint density at radius 2 is 1.58 bits per heavy atom. The van der Waals surface area contributed by atoms with Crippen molar-refractivity contribution in [3.05, 3.63) is 65.7 Å². The molecule has 3 rings (SSSR count). The summed E-state index contributed by atoms with van der Waals surface area (Å²) in [7, 11) is 0. The van der Waals surface area contributed by atoms with Gasteiger partial charge in [0, 0.05) is 24.7 Å². The van der Waals surface area contributed by atoms with Gasteiger partial charge < -0.3 is 15.3 Å². The summed E-state index contributed by atoms with van der Waals surface area (Å²) < 4.78 is 0. The van der Waals surface area contributed by atoms with Gasteiger partial charge in [0.2, 0.25) is 0 Å². The van der Waals surface area contributed by atoms with Crippen molar-refractivity contribution in [1.82, 2.24) is 10.2 Å². The molecular weight excluding hydrogens is 304 g/mol. The molecule has 2 N–H and O–H groups in total. The average molecular weight is 324 g/mol. The van der Waals surface area contributed by atoms with Gasteiger partial charge in [-0.05, 0) is 37.1 Å². The highest BCUT2D eigenvalue weighted by atomic mass is 16.3. The lowest BCUT2D eigenvalue weighted by Gasteiger charge is -2.32. The van der Waals surface area contributed by atoms with Crippen molar-refractivity contribution < 1.29 is 14.7 Å². The number of aromatic hydroxyl groups is 1. The lowest BCUT2D eigenvalue weighted by Crippen LogP contribution is -2.46. The molecule has 0 aromatic heterocycles. The van der Waals surface area contributed by atoms with E-state index in [9.17, 15) is 14.7 Å². The zero-order chi connectivity index (χ0) is 16.9. The molecule has 1 fully saturated rings. The van der Waals surface area contributed by atoms with Crippen LogP contribution in [-0.4, -0.2) is 41.0 Å². The quantitative estimate of drug-likeness (QED) is 0.911. The number of hydrogen-bond acceptors (Lipinski definition) is 3. The zero-order valence-electron chi connectivity index (χ0n) is 13.3. The second-order valence-electron chi connectivity index (χ2n) is 5.92. The van der Waals surface area contributed by atoms with E-state index in [1.807, 2.05) is 18.2 Å². The fraction of sp³-hybridized carbons (Fsp3) is 0.263. The highest BCUT2D eigenvalue weighted by Crippen LogP contribution is 2.20. The van der Waals surface area contributed by atoms with Crippen LogP contribution in [0.3, 0.4) is 0 Å². The predicted molar refractivity (Wildman–Crippen MR) is 90.9 cm³/mol. The number of piperidine rings is 1. The van der Waals surface area contributed by atoms with Crippen molar-refractivity contribution in [3.63, 3.8) is 0 Å². The van der Waals surface area contributed by atoms with E-state index in [4.69, 9.17) is 0 Å². The number of benzene rings is 2. The monoisotopic (exact) mass is 324 g/mol. The maximum Gasteiger partial charge on any atom is 0.257 e. The fourth-order valence-electron chi connectivity index (χ4n) is 2.91. The fourth-order valence-corrected chi connectivity index (χ4v) is 2.91. The van der Waals surface area contributed by atoms with Gasteiger partial charge in [0.05, 0.1) is 5.56 Å². The smallest absolute Gasteiger partial charge is 0.257 e. The van der Waals surface area contributed by atoms with Crippen molar-refractivity contribution in [2.75, 3.05) is 13.1 Å². The predicted octanol–water partition coefficient (Wildman–Crippen LogP) is 2.43. The number of carbonyl (C=O) groups excluding carboxylic acids is 2. The van der Waals surface area contributed by atoms with Gasteiger partial charge in [-0.3, -0.25) is 9.59 Å². The third-order valence-corrected chi connectivity index (χ3v) is 4.29. The number of phenolic OH excluding ortho intramolecular Hbond substituents is 1. The zero-order valence-corrected chi connectivity index (χ0v) is 13.3. The largest absolute Gasteiger partial charge is 0.507 e. The first-order chi connectivity index (χ1) is 11.6. The maximum atomic E-state index is 12.4. The minimum atomic E-state index is -0.166. The standard InChI is InChI=1S/C19H20N2O3/c22-17-9-5-4-8-16(17)19(24)21-12-10-15(11-13-21)20-18(23)14-6-2-1-3-7-14/h1-9,15,22H,10-13H2,(H,20,23). The van der Waals surface area contributed by atoms with Crippen LogP contribution in [0.2, 0.25) is 0 Å². The Balaban J connectivity index is 1.55. The first-order valence-corrected chi connectivity index (χ1v) is 8.08. The number of hydrogen-bond donors (Lipinski definition) is 2. The minimum Gasteiger partial charge on any atom is -0.507 e. The number of rotatable bonds is 3. The van der Waals surface area contributed by atoms with Crippen LogP contribution >= 0.6 is 0 Å². The molecule has 1 aliphatic rings. The maximum absolute atomic E-state index is 12.4. The van der Waals surface area contributed by atoms with Gasteiger partial charge in [0.25, 0.3) is 11.8 Å². The van der Waals surface area contributed by atoms with Crippen LogP contribution in [0.5, 0.6) is 5.75 Å². The van der Waals surface area contributed by atoms with Gasteiger partial charge >= 0.3 is 0 Å². The van der Waals surface area contributed by atoms with Gasteiger partial charge in [-0.2, -0.15) is 0 Å². The Morgan fingerprint density at radius 1 is 0.958 bits per heavy atom. The summed E-state index contributed by atoms with van der Waals surface area (Å²) in [5.74, 6) is -0.246. The second kappa shape index (κ2) is 7.17. The summed E-state index contributed by atoms with van der Waals surface area (Å²) in [5.41, 5.74) is 0.967. The first-order valence-electron chi connectivity index (χ1n) is 8.08. The van der Waals surface area contributed by atoms with Crippen LogP contribution in [0.25, 0.3) is 0 Å². The van der Waals surface area contributed by atoms with E-state index in [0.717, 1.165) is 0 Å². The molecule has 5 nitrogen and oxygen atoms in total. The van der Waals surface area contributed by atoms with Crippen LogP contribution in [-0.2, 0) is 0 Å². The molecule has 2 aromatic rings. The van der Waals surface area contributed by atoms with E-state index >= 15 is 0 Å². The molecule has 1 heterocycles. The molecule has 0 radical (unpaired) electrons. The van der Waals surface area contributed by atoms with Gasteiger partial charge in [-0.1, -0.05) is 30.3 Å². The highest BCUT2D eigenvalue weighted by molar-refractivity contribution is 5.97. The van der Waals surface area contributed by atoms with Gasteiger partial charge in [-0.25, -0.2) is 0 Å². The molecule has 0 unspecified atom stereocenters. The van der Waals surface area contributed by atoms with Gasteiger partial charge in [0.1, 0.15) is 5.75 Å². The van der Waals surface area contributed by atoms with Crippen LogP contribution in [0.4, 0.5) is 0 Å². The Bertz CT molecular complexity index is 722. The van der Waals surface area contributed by atoms with Crippen LogP contribution in [0.15, 0.2) is 54.6 Å². The van der Waals surface area contributed by atoms with E-state index in [0.29, 0.717) is 37.1 Å². The SMILES string of the molecule is O=C(NC1CCN(C(=O)c2ccccc2O)CC1)c1ccccc1. The molecule has 1 aliphatic heterocycles. The molecule has 124 valence electrons. The van der Waals surface area contributed by atoms with E-state index in [2.05, 4.69) is 5.32 Å². The summed E-state index contributed by atoms with van der Waals surface area (Å²) in [6, 6.07) is 15.7. The molecule has 0 aliphatic carbocycles. The lowest BCUT2D eigenvalue weighted by molar-refractivity contribution is 0.0695. The Hall–Kier alpha value is -2.82. The van der Waals surface area contributed by atoms with Crippen molar-refractivity contribution in [1.29, 1.82) is 0 Å². The normalized spacial score (nSPS) is 15.1. The Labute approximate surface area is 140 Å². The molecule has 1 saturated heterocycles. The average Bonchev–Trinajstić information content (AvgIpc) is 2.63. The number of phenols is 1. The van der Waals surface area contributed by atoms with Crippen LogP contribution < -0.4 is 5.32 Å². The molecular formula is C19H20N2O3. The molecule has 0 bridgehead atoms. The lowest BCUT2D eigenvalue weighted by atomic mass is 10.0. The molecule has 0 atom stereocenters. The summed E-state index contributed by atoms with van der Waals surface area (Å²) in [6.07, 6.45) is 1.41. The van der Waals surface area contributed by atoms with Crippen molar-refractivity contribution >= 4 is 11.8 Å². The minimum absolute atomic E-state index is 0.00186. The third kappa shape index (κ3) is 3.56. The Kier molecular flexibility index (Phi) is 4.79. The molecule has 2 amide bonds. The van der Waals surface area contributed by atoms with Gasteiger partial charge in [0.15, 0.2) is 0 Å². The van der Waals surface area contributed by atoms with Crippen molar-refractivity contribution in [2.45, 2.75) is 18.9 Å². The number of likely N-dealkylation sites (tertiary alicyclic amines) is 1. The number of para-hydroxylation sites is 1. The van der Waals surface area contributed by atoms with E-state index < -0.39 is 0 Å². The second-order valence-corrected chi connectivity index (χ2v) is 5.92. The van der Waals surface area contributed by atoms with E-state index in [1.54, 1.807) is 35.2 Å². The summed E-state index contributed by atoms with van der Waals surface area (Å²) in [5, 5.41) is 12.8. The molecule has 0 spiro atoms. The highest BCUT2D eigenvalue weighted by Gasteiger charge is 2.25. The van der Waals surface area contributed by atoms with Crippen molar-refractivity contribution in [3.8, 4) is 5.75 Å². The number of carbonyl (C=O) groups is 2. The summed E-state index contributed by atoms with van der Waals surface area (Å²) in [4.78, 5) is 26.3. The van der Waals surface area contributed by atoms with Crippen LogP contribution in [0.1, 0.15) is 33.6 Å². The number of nitrogens with one attached hydrogen (secondary N) is 1.